The van der Waals surface area contributed by atoms with E-state index >= 15 is 4.39 Å². The molecule has 238 valence electrons. The lowest BCUT2D eigenvalue weighted by Crippen LogP contribution is -2.24. The lowest BCUT2D eigenvalue weighted by Gasteiger charge is -2.19. The van der Waals surface area contributed by atoms with Crippen molar-refractivity contribution in [2.75, 3.05) is 34.2 Å². The van der Waals surface area contributed by atoms with Crippen molar-refractivity contribution >= 4 is 27.4 Å². The third-order valence-corrected chi connectivity index (χ3v) is 8.73. The number of likely N-dealkylation sites (N-methyl/N-ethyl adjacent to an activating group) is 1. The van der Waals surface area contributed by atoms with Gasteiger partial charge in [-0.05, 0) is 60.7 Å². The predicted octanol–water partition coefficient (Wildman–Crippen LogP) is 4.16. The van der Waals surface area contributed by atoms with E-state index in [4.69, 9.17) is 20.6 Å². The second-order valence-corrected chi connectivity index (χ2v) is 12.3. The molecule has 2 heterocycles. The summed E-state index contributed by atoms with van der Waals surface area (Å²) < 4.78 is 68.9. The Balaban J connectivity index is 1.53. The van der Waals surface area contributed by atoms with Crippen LogP contribution < -0.4 is 15.2 Å². The minimum Gasteiger partial charge on any atom is -0.504 e. The van der Waals surface area contributed by atoms with Crippen LogP contribution in [0.5, 0.6) is 28.9 Å². The number of rotatable bonds is 9. The molecule has 0 unspecified atom stereocenters. The molecule has 0 spiro atoms. The summed E-state index contributed by atoms with van der Waals surface area (Å²) in [6.45, 7) is 0.897. The van der Waals surface area contributed by atoms with E-state index in [9.17, 15) is 22.7 Å². The van der Waals surface area contributed by atoms with Gasteiger partial charge in [-0.2, -0.15) is 4.39 Å². The van der Waals surface area contributed by atoms with Gasteiger partial charge in [0.25, 0.3) is 11.8 Å². The van der Waals surface area contributed by atoms with Crippen LogP contribution in [0.1, 0.15) is 21.5 Å². The molecule has 4 N–H and O–H groups in total. The molecule has 0 radical (unpaired) electrons. The average Bonchev–Trinajstić information content (AvgIpc) is 3.46. The van der Waals surface area contributed by atoms with Crippen LogP contribution in [0.4, 0.5) is 8.78 Å². The first-order chi connectivity index (χ1) is 21.8. The third-order valence-electron chi connectivity index (χ3n) is 6.97. The number of nitrogen functional groups attached to an aromatic ring is 1. The molecule has 1 aromatic heterocycles. The summed E-state index contributed by atoms with van der Waals surface area (Å²) in [4.78, 5) is 23.2. The highest BCUT2D eigenvalue weighted by atomic mass is 32.2. The normalized spacial score (nSPS) is 12.9. The van der Waals surface area contributed by atoms with Crippen molar-refractivity contribution in [3.63, 3.8) is 0 Å². The molecule has 0 saturated carbocycles. The monoisotopic (exact) mass is 650 g/mol. The van der Waals surface area contributed by atoms with Crippen LogP contribution >= 0.6 is 0 Å². The molecule has 1 aliphatic heterocycles. The van der Waals surface area contributed by atoms with Crippen LogP contribution in [-0.2, 0) is 9.84 Å². The topological polar surface area (TPSA) is 172 Å². The SMILES string of the molecule is CN(C)C(=O)c1ccc(S(=O)(=O)c2ccc(Oc3c(F)cnc(Oc4cc(C(=N)N)ccc4O)c3F)c(C3=NCCN3C)c2)cc1. The Bertz CT molecular complexity index is 2000. The highest BCUT2D eigenvalue weighted by Crippen LogP contribution is 2.38. The molecule has 0 fully saturated rings. The Labute approximate surface area is 262 Å². The fraction of sp³-hybridized carbons (Fsp3) is 0.161. The highest BCUT2D eigenvalue weighted by molar-refractivity contribution is 7.91. The first-order valence-corrected chi connectivity index (χ1v) is 15.1. The van der Waals surface area contributed by atoms with Gasteiger partial charge in [-0.3, -0.25) is 15.2 Å². The number of aliphatic imine (C=N–C) groups is 1. The summed E-state index contributed by atoms with van der Waals surface area (Å²) in [5, 5.41) is 17.7. The van der Waals surface area contributed by atoms with Crippen molar-refractivity contribution in [1.29, 1.82) is 5.41 Å². The number of amides is 1. The average molecular weight is 651 g/mol. The molecule has 12 nitrogen and oxygen atoms in total. The Morgan fingerprint density at radius 1 is 1.00 bits per heavy atom. The number of hydrogen-bond acceptors (Lipinski definition) is 10. The van der Waals surface area contributed by atoms with Gasteiger partial charge in [0, 0.05) is 38.8 Å². The standard InChI is InChI=1S/C31H28F2N6O6S/c1-38(2)31(41)17-4-7-19(8-5-17)46(42,43)20-9-11-24(21(15-20)29-36-12-13-39(29)3)44-27-22(32)16-37-30(26(27)33)45-25-14-18(28(34)35)6-10-23(25)40/h4-11,14-16,40H,12-13H2,1-3H3,(H3,34,35). The number of phenols is 1. The summed E-state index contributed by atoms with van der Waals surface area (Å²) in [5.74, 6) is -5.34. The van der Waals surface area contributed by atoms with Crippen molar-refractivity contribution in [3.05, 3.63) is 95.2 Å². The van der Waals surface area contributed by atoms with Gasteiger partial charge in [-0.25, -0.2) is 17.8 Å². The minimum atomic E-state index is -4.11. The van der Waals surface area contributed by atoms with Gasteiger partial charge in [0.2, 0.25) is 21.4 Å². The lowest BCUT2D eigenvalue weighted by atomic mass is 10.1. The Kier molecular flexibility index (Phi) is 8.61. The molecule has 0 saturated heterocycles. The van der Waals surface area contributed by atoms with Crippen LogP contribution in [0.15, 0.2) is 81.6 Å². The summed E-state index contributed by atoms with van der Waals surface area (Å²) in [5.41, 5.74) is 6.10. The van der Waals surface area contributed by atoms with Gasteiger partial charge >= 0.3 is 0 Å². The number of nitrogens with two attached hydrogens (primary N) is 1. The van der Waals surface area contributed by atoms with Crippen molar-refractivity contribution in [3.8, 4) is 28.9 Å². The summed E-state index contributed by atoms with van der Waals surface area (Å²) in [6.07, 6.45) is 0.655. The second kappa shape index (κ2) is 12.4. The zero-order chi connectivity index (χ0) is 33.3. The number of carbonyl (C=O) groups excluding carboxylic acids is 1. The van der Waals surface area contributed by atoms with E-state index in [0.717, 1.165) is 0 Å². The maximum absolute atomic E-state index is 15.6. The van der Waals surface area contributed by atoms with Crippen molar-refractivity contribution in [1.82, 2.24) is 14.8 Å². The molecule has 1 amide bonds. The van der Waals surface area contributed by atoms with E-state index in [-0.39, 0.29) is 44.2 Å². The molecule has 5 rings (SSSR count). The van der Waals surface area contributed by atoms with Gasteiger partial charge in [0.15, 0.2) is 17.3 Å². The van der Waals surface area contributed by atoms with Crippen LogP contribution in [0.3, 0.4) is 0 Å². The molecule has 0 bridgehead atoms. The van der Waals surface area contributed by atoms with Crippen LogP contribution in [0.25, 0.3) is 0 Å². The number of amidine groups is 2. The number of carbonyl (C=O) groups is 1. The Morgan fingerprint density at radius 3 is 2.30 bits per heavy atom. The minimum absolute atomic E-state index is 0.0748. The van der Waals surface area contributed by atoms with Gasteiger partial charge in [0.05, 0.1) is 28.1 Å². The number of sulfone groups is 1. The predicted molar refractivity (Wildman–Crippen MR) is 164 cm³/mol. The largest absolute Gasteiger partial charge is 0.504 e. The maximum Gasteiger partial charge on any atom is 0.260 e. The first-order valence-electron chi connectivity index (χ1n) is 13.6. The third kappa shape index (κ3) is 6.17. The van der Waals surface area contributed by atoms with Gasteiger partial charge < -0.3 is 30.1 Å². The van der Waals surface area contributed by atoms with E-state index in [1.165, 1.54) is 65.6 Å². The van der Waals surface area contributed by atoms with E-state index in [0.29, 0.717) is 30.7 Å². The zero-order valence-corrected chi connectivity index (χ0v) is 25.6. The molecular formula is C31H28F2N6O6S. The molecule has 3 aromatic carbocycles. The number of aromatic nitrogens is 1. The van der Waals surface area contributed by atoms with Gasteiger partial charge in [0.1, 0.15) is 17.4 Å². The van der Waals surface area contributed by atoms with E-state index in [1.807, 2.05) is 0 Å². The summed E-state index contributed by atoms with van der Waals surface area (Å²) in [6, 6.07) is 13.0. The number of halogens is 2. The number of benzene rings is 3. The van der Waals surface area contributed by atoms with Crippen molar-refractivity contribution < 1.29 is 36.6 Å². The second-order valence-electron chi connectivity index (χ2n) is 10.4. The molecule has 4 aromatic rings. The number of aromatic hydroxyl groups is 1. The molecule has 0 aliphatic carbocycles. The molecule has 46 heavy (non-hydrogen) atoms. The van der Waals surface area contributed by atoms with Crippen LogP contribution in [-0.4, -0.2) is 80.1 Å². The summed E-state index contributed by atoms with van der Waals surface area (Å²) in [7, 11) is 0.771. The van der Waals surface area contributed by atoms with Gasteiger partial charge in [-0.15, -0.1) is 0 Å². The number of phenolic OH excluding ortho intramolecular Hbond substituents is 1. The quantitative estimate of drug-likeness (QED) is 0.178. The fourth-order valence-electron chi connectivity index (χ4n) is 4.51. The van der Waals surface area contributed by atoms with E-state index in [2.05, 4.69) is 9.98 Å². The number of hydrogen-bond donors (Lipinski definition) is 3. The molecule has 1 aliphatic rings. The fourth-order valence-corrected chi connectivity index (χ4v) is 5.80. The maximum atomic E-state index is 15.6. The van der Waals surface area contributed by atoms with Gasteiger partial charge in [-0.1, -0.05) is 0 Å². The Morgan fingerprint density at radius 2 is 1.67 bits per heavy atom. The van der Waals surface area contributed by atoms with E-state index in [1.54, 1.807) is 26.0 Å². The lowest BCUT2D eigenvalue weighted by molar-refractivity contribution is 0.0827. The summed E-state index contributed by atoms with van der Waals surface area (Å²) >= 11 is 0. The molecule has 0 atom stereocenters. The number of nitrogens with one attached hydrogen (secondary N) is 1. The smallest absolute Gasteiger partial charge is 0.260 e. The highest BCUT2D eigenvalue weighted by Gasteiger charge is 2.27. The van der Waals surface area contributed by atoms with Crippen LogP contribution in [0.2, 0.25) is 0 Å². The first kappa shape index (κ1) is 31.8. The zero-order valence-electron chi connectivity index (χ0n) is 24.8. The molecule has 15 heteroatoms. The van der Waals surface area contributed by atoms with Crippen LogP contribution in [0, 0.1) is 17.0 Å². The number of pyridine rings is 1. The molecular weight excluding hydrogens is 622 g/mol. The van der Waals surface area contributed by atoms with Crippen molar-refractivity contribution in [2.45, 2.75) is 9.79 Å². The number of nitrogens with zero attached hydrogens (tertiary/aromatic N) is 4. The van der Waals surface area contributed by atoms with Crippen molar-refractivity contribution in [2.24, 2.45) is 10.7 Å². The Hall–Kier alpha value is -5.57. The van der Waals surface area contributed by atoms with E-state index < -0.39 is 38.9 Å². The number of ether oxygens (including phenoxy) is 2.